The van der Waals surface area contributed by atoms with Gasteiger partial charge in [-0.1, -0.05) is 30.3 Å². The molecule has 150 valence electrons. The van der Waals surface area contributed by atoms with Crippen molar-refractivity contribution in [2.24, 2.45) is 0 Å². The van der Waals surface area contributed by atoms with Crippen molar-refractivity contribution in [3.05, 3.63) is 70.1 Å². The van der Waals surface area contributed by atoms with Crippen LogP contribution in [0, 0.1) is 0 Å². The SMILES string of the molecule is O=C(Cn1cccc(C(F)(F)F)c1=O)N1CCCN(Cc2ccccc2)CC1. The highest BCUT2D eigenvalue weighted by molar-refractivity contribution is 5.76. The van der Waals surface area contributed by atoms with Gasteiger partial charge in [0, 0.05) is 38.9 Å². The van der Waals surface area contributed by atoms with Crippen molar-refractivity contribution in [1.82, 2.24) is 14.4 Å². The molecule has 0 saturated carbocycles. The molecule has 2 aromatic rings. The molecule has 1 fully saturated rings. The molecule has 1 aliphatic rings. The Labute approximate surface area is 161 Å². The summed E-state index contributed by atoms with van der Waals surface area (Å²) in [5.74, 6) is -0.344. The first-order chi connectivity index (χ1) is 13.3. The number of rotatable bonds is 4. The Balaban J connectivity index is 1.62. The zero-order valence-corrected chi connectivity index (χ0v) is 15.4. The van der Waals surface area contributed by atoms with Crippen molar-refractivity contribution in [3.8, 4) is 0 Å². The van der Waals surface area contributed by atoms with Gasteiger partial charge in [-0.25, -0.2) is 0 Å². The lowest BCUT2D eigenvalue weighted by Crippen LogP contribution is -2.39. The molecule has 0 spiro atoms. The quantitative estimate of drug-likeness (QED) is 0.802. The van der Waals surface area contributed by atoms with Gasteiger partial charge in [0.25, 0.3) is 5.56 Å². The van der Waals surface area contributed by atoms with Crippen LogP contribution in [0.15, 0.2) is 53.5 Å². The zero-order valence-electron chi connectivity index (χ0n) is 15.4. The average molecular weight is 393 g/mol. The van der Waals surface area contributed by atoms with Crippen LogP contribution >= 0.6 is 0 Å². The molecule has 1 aromatic heterocycles. The van der Waals surface area contributed by atoms with E-state index in [1.807, 2.05) is 30.3 Å². The second-order valence-corrected chi connectivity index (χ2v) is 6.85. The first-order valence-corrected chi connectivity index (χ1v) is 9.15. The molecule has 1 amide bonds. The maximum absolute atomic E-state index is 12.9. The van der Waals surface area contributed by atoms with E-state index in [0.29, 0.717) is 19.6 Å². The molecule has 0 aliphatic carbocycles. The molecule has 1 aromatic carbocycles. The topological polar surface area (TPSA) is 45.6 Å². The van der Waals surface area contributed by atoms with Gasteiger partial charge in [-0.2, -0.15) is 13.2 Å². The molecule has 0 bridgehead atoms. The van der Waals surface area contributed by atoms with Crippen LogP contribution < -0.4 is 5.56 Å². The van der Waals surface area contributed by atoms with E-state index in [1.165, 1.54) is 11.8 Å². The third kappa shape index (κ3) is 5.01. The van der Waals surface area contributed by atoms with E-state index >= 15 is 0 Å². The number of halogens is 3. The highest BCUT2D eigenvalue weighted by atomic mass is 19.4. The van der Waals surface area contributed by atoms with Crippen molar-refractivity contribution >= 4 is 5.91 Å². The van der Waals surface area contributed by atoms with Gasteiger partial charge in [0.15, 0.2) is 0 Å². The van der Waals surface area contributed by atoms with Gasteiger partial charge >= 0.3 is 6.18 Å². The van der Waals surface area contributed by atoms with Gasteiger partial charge in [-0.15, -0.1) is 0 Å². The van der Waals surface area contributed by atoms with Gasteiger partial charge in [-0.05, 0) is 24.1 Å². The molecule has 2 heterocycles. The highest BCUT2D eigenvalue weighted by Crippen LogP contribution is 2.26. The second-order valence-electron chi connectivity index (χ2n) is 6.85. The third-order valence-corrected chi connectivity index (χ3v) is 4.82. The van der Waals surface area contributed by atoms with E-state index in [-0.39, 0.29) is 12.5 Å². The van der Waals surface area contributed by atoms with E-state index in [0.717, 1.165) is 36.2 Å². The van der Waals surface area contributed by atoms with Crippen LogP contribution in [0.25, 0.3) is 0 Å². The number of nitrogens with zero attached hydrogens (tertiary/aromatic N) is 3. The van der Waals surface area contributed by atoms with Crippen LogP contribution in [0.4, 0.5) is 13.2 Å². The lowest BCUT2D eigenvalue weighted by molar-refractivity contribution is -0.139. The predicted octanol–water partition coefficient (Wildman–Crippen LogP) is 2.60. The number of carbonyl (C=O) groups is 1. The Hall–Kier alpha value is -2.61. The Bertz CT molecular complexity index is 865. The second kappa shape index (κ2) is 8.60. The molecular weight excluding hydrogens is 371 g/mol. The average Bonchev–Trinajstić information content (AvgIpc) is 2.89. The Kier molecular flexibility index (Phi) is 6.18. The van der Waals surface area contributed by atoms with Crippen LogP contribution in [-0.4, -0.2) is 46.5 Å². The van der Waals surface area contributed by atoms with Crippen LogP contribution in [0.5, 0.6) is 0 Å². The van der Waals surface area contributed by atoms with Crippen LogP contribution in [0.1, 0.15) is 17.5 Å². The maximum atomic E-state index is 12.9. The lowest BCUT2D eigenvalue weighted by atomic mass is 10.2. The molecule has 0 N–H and O–H groups in total. The van der Waals surface area contributed by atoms with Crippen molar-refractivity contribution in [3.63, 3.8) is 0 Å². The summed E-state index contributed by atoms with van der Waals surface area (Å²) >= 11 is 0. The van der Waals surface area contributed by atoms with Gasteiger partial charge in [0.1, 0.15) is 12.1 Å². The standard InChI is InChI=1S/C20H22F3N3O2/c21-20(22,23)17-8-4-10-26(19(17)28)15-18(27)25-11-5-9-24(12-13-25)14-16-6-2-1-3-7-16/h1-4,6-8,10H,5,9,11-15H2. The van der Waals surface area contributed by atoms with Crippen molar-refractivity contribution in [2.45, 2.75) is 25.7 Å². The fourth-order valence-electron chi connectivity index (χ4n) is 3.34. The van der Waals surface area contributed by atoms with Gasteiger partial charge in [0.2, 0.25) is 5.91 Å². The van der Waals surface area contributed by atoms with Gasteiger partial charge in [0.05, 0.1) is 0 Å². The van der Waals surface area contributed by atoms with Gasteiger partial charge < -0.3 is 9.47 Å². The molecule has 1 saturated heterocycles. The van der Waals surface area contributed by atoms with Gasteiger partial charge in [-0.3, -0.25) is 14.5 Å². The van der Waals surface area contributed by atoms with Crippen LogP contribution in [0.3, 0.4) is 0 Å². The molecule has 8 heteroatoms. The van der Waals surface area contributed by atoms with Crippen LogP contribution in [-0.2, 0) is 24.1 Å². The number of benzene rings is 1. The smallest absolute Gasteiger partial charge is 0.340 e. The number of amides is 1. The number of carbonyl (C=O) groups excluding carboxylic acids is 1. The van der Waals surface area contributed by atoms with Crippen molar-refractivity contribution in [2.75, 3.05) is 26.2 Å². The summed E-state index contributed by atoms with van der Waals surface area (Å²) in [6.45, 7) is 2.93. The Morgan fingerprint density at radius 3 is 2.43 bits per heavy atom. The minimum absolute atomic E-state index is 0.344. The lowest BCUT2D eigenvalue weighted by Gasteiger charge is -2.22. The normalized spacial score (nSPS) is 16.0. The zero-order chi connectivity index (χ0) is 20.1. The molecule has 0 unspecified atom stereocenters. The maximum Gasteiger partial charge on any atom is 0.421 e. The summed E-state index contributed by atoms with van der Waals surface area (Å²) < 4.78 is 39.5. The molecular formula is C20H22F3N3O2. The summed E-state index contributed by atoms with van der Waals surface area (Å²) in [6, 6.07) is 11.9. The van der Waals surface area contributed by atoms with Crippen molar-refractivity contribution in [1.29, 1.82) is 0 Å². The minimum atomic E-state index is -4.73. The fraction of sp³-hybridized carbons (Fsp3) is 0.400. The Morgan fingerprint density at radius 1 is 0.964 bits per heavy atom. The molecule has 3 rings (SSSR count). The number of alkyl halides is 3. The van der Waals surface area contributed by atoms with E-state index < -0.39 is 17.3 Å². The molecule has 1 aliphatic heterocycles. The molecule has 5 nitrogen and oxygen atoms in total. The summed E-state index contributed by atoms with van der Waals surface area (Å²) in [4.78, 5) is 28.5. The summed E-state index contributed by atoms with van der Waals surface area (Å²) in [5, 5.41) is 0. The number of aromatic nitrogens is 1. The number of hydrogen-bond donors (Lipinski definition) is 0. The van der Waals surface area contributed by atoms with E-state index in [4.69, 9.17) is 0 Å². The van der Waals surface area contributed by atoms with E-state index in [9.17, 15) is 22.8 Å². The summed E-state index contributed by atoms with van der Waals surface area (Å²) in [6.07, 6.45) is -2.74. The number of hydrogen-bond acceptors (Lipinski definition) is 3. The Morgan fingerprint density at radius 2 is 1.71 bits per heavy atom. The minimum Gasteiger partial charge on any atom is -0.340 e. The highest BCUT2D eigenvalue weighted by Gasteiger charge is 2.34. The first-order valence-electron chi connectivity index (χ1n) is 9.15. The number of pyridine rings is 1. The van der Waals surface area contributed by atoms with Crippen LogP contribution in [0.2, 0.25) is 0 Å². The predicted molar refractivity (Wildman–Crippen MR) is 98.6 cm³/mol. The molecule has 28 heavy (non-hydrogen) atoms. The summed E-state index contributed by atoms with van der Waals surface area (Å²) in [5.41, 5.74) is -1.26. The van der Waals surface area contributed by atoms with E-state index in [1.54, 1.807) is 4.90 Å². The molecule has 0 atom stereocenters. The monoisotopic (exact) mass is 393 g/mol. The third-order valence-electron chi connectivity index (χ3n) is 4.82. The largest absolute Gasteiger partial charge is 0.421 e. The summed E-state index contributed by atoms with van der Waals surface area (Å²) in [7, 11) is 0. The molecule has 0 radical (unpaired) electrons. The fourth-order valence-corrected chi connectivity index (χ4v) is 3.34. The van der Waals surface area contributed by atoms with Crippen molar-refractivity contribution < 1.29 is 18.0 Å². The van der Waals surface area contributed by atoms with E-state index in [2.05, 4.69) is 4.90 Å². The first kappa shape index (κ1) is 20.1.